The lowest BCUT2D eigenvalue weighted by atomic mass is 10.2. The molecule has 150 valence electrons. The smallest absolute Gasteiger partial charge is 0.240 e. The first-order valence-corrected chi connectivity index (χ1v) is 9.87. The summed E-state index contributed by atoms with van der Waals surface area (Å²) in [6.45, 7) is -0.411. The van der Waals surface area contributed by atoms with Crippen LogP contribution in [0.3, 0.4) is 0 Å². The molecule has 28 heavy (non-hydrogen) atoms. The molecule has 0 amide bonds. The molecule has 0 fully saturated rings. The number of benzene rings is 2. The molecule has 1 unspecified atom stereocenters. The largest absolute Gasteiger partial charge is 0.394 e. The molecule has 1 aliphatic heterocycles. The third-order valence-electron chi connectivity index (χ3n) is 3.93. The van der Waals surface area contributed by atoms with E-state index in [1.807, 2.05) is 0 Å². The van der Waals surface area contributed by atoms with Crippen LogP contribution in [0.5, 0.6) is 0 Å². The van der Waals surface area contributed by atoms with Gasteiger partial charge in [-0.15, -0.1) is 10.6 Å². The predicted molar refractivity (Wildman–Crippen MR) is 99.5 cm³/mol. The Hall–Kier alpha value is -2.57. The van der Waals surface area contributed by atoms with Crippen LogP contribution >= 0.6 is 0 Å². The van der Waals surface area contributed by atoms with E-state index in [-0.39, 0.29) is 17.3 Å². The van der Waals surface area contributed by atoms with E-state index >= 15 is 0 Å². The van der Waals surface area contributed by atoms with Gasteiger partial charge in [0.1, 0.15) is 5.82 Å². The molecular weight excluding hydrogens is 389 g/mol. The normalized spacial score (nSPS) is 15.2. The minimum atomic E-state index is -3.80. The fourth-order valence-corrected chi connectivity index (χ4v) is 3.47. The van der Waals surface area contributed by atoms with Crippen LogP contribution in [0.4, 0.5) is 4.39 Å². The molecule has 0 saturated carbocycles. The number of nitrogens with one attached hydrogen (secondary N) is 3. The zero-order valence-corrected chi connectivity index (χ0v) is 15.5. The Kier molecular flexibility index (Phi) is 6.21. The summed E-state index contributed by atoms with van der Waals surface area (Å²) < 4.78 is 39.5. The second-order valence-electron chi connectivity index (χ2n) is 6.08. The highest BCUT2D eigenvalue weighted by Gasteiger charge is 2.18. The average molecular weight is 409 g/mol. The van der Waals surface area contributed by atoms with Crippen molar-refractivity contribution in [2.24, 2.45) is 5.10 Å². The SMILES string of the molecule is O=S(=O)(NCC(O)CO)c1ccc(C2=NN(Cc3ccc(F)cc3)NN2)cc1. The van der Waals surface area contributed by atoms with Crippen molar-refractivity contribution in [2.45, 2.75) is 17.5 Å². The van der Waals surface area contributed by atoms with Crippen LogP contribution in [0.1, 0.15) is 11.1 Å². The van der Waals surface area contributed by atoms with Crippen LogP contribution in [0.15, 0.2) is 58.5 Å². The van der Waals surface area contributed by atoms with Crippen molar-refractivity contribution in [2.75, 3.05) is 13.2 Å². The molecule has 2 aromatic rings. The van der Waals surface area contributed by atoms with Crippen molar-refractivity contribution < 1.29 is 23.0 Å². The lowest BCUT2D eigenvalue weighted by molar-refractivity contribution is 0.0988. The summed E-state index contributed by atoms with van der Waals surface area (Å²) in [4.78, 5) is 0.0242. The summed E-state index contributed by atoms with van der Waals surface area (Å²) in [7, 11) is -3.80. The highest BCUT2D eigenvalue weighted by Crippen LogP contribution is 2.13. The molecule has 1 atom stereocenters. The van der Waals surface area contributed by atoms with Crippen LogP contribution in [0.2, 0.25) is 0 Å². The Bertz CT molecular complexity index is 935. The summed E-state index contributed by atoms with van der Waals surface area (Å²) in [6.07, 6.45) is -1.16. The monoisotopic (exact) mass is 409 g/mol. The molecule has 0 spiro atoms. The molecule has 1 heterocycles. The van der Waals surface area contributed by atoms with Gasteiger partial charge in [-0.2, -0.15) is 0 Å². The van der Waals surface area contributed by atoms with Crippen molar-refractivity contribution in [3.63, 3.8) is 0 Å². The summed E-state index contributed by atoms with van der Waals surface area (Å²) in [6, 6.07) is 12.1. The summed E-state index contributed by atoms with van der Waals surface area (Å²) in [5, 5.41) is 23.9. The summed E-state index contributed by atoms with van der Waals surface area (Å²) in [5.74, 6) is 0.186. The molecule has 3 rings (SSSR count). The van der Waals surface area contributed by atoms with E-state index in [2.05, 4.69) is 20.8 Å². The second kappa shape index (κ2) is 8.63. The lowest BCUT2D eigenvalue weighted by Crippen LogP contribution is -2.38. The van der Waals surface area contributed by atoms with Crippen molar-refractivity contribution in [3.05, 3.63) is 65.5 Å². The van der Waals surface area contributed by atoms with Gasteiger partial charge in [-0.25, -0.2) is 22.6 Å². The first kappa shape index (κ1) is 20.2. The molecule has 0 aromatic heterocycles. The number of hydrazine groups is 2. The van der Waals surface area contributed by atoms with Crippen LogP contribution in [-0.2, 0) is 16.6 Å². The van der Waals surface area contributed by atoms with Crippen molar-refractivity contribution >= 4 is 15.9 Å². The zero-order valence-electron chi connectivity index (χ0n) is 14.7. The van der Waals surface area contributed by atoms with E-state index in [1.165, 1.54) is 29.4 Å². The van der Waals surface area contributed by atoms with Gasteiger partial charge in [-0.1, -0.05) is 12.1 Å². The molecule has 1 aliphatic rings. The molecular formula is C17H20FN5O4S. The second-order valence-corrected chi connectivity index (χ2v) is 7.85. The Morgan fingerprint density at radius 2 is 1.82 bits per heavy atom. The minimum absolute atomic E-state index is 0.0242. The predicted octanol–water partition coefficient (Wildman–Crippen LogP) is -0.356. The van der Waals surface area contributed by atoms with Crippen LogP contribution in [0, 0.1) is 5.82 Å². The maximum Gasteiger partial charge on any atom is 0.240 e. The van der Waals surface area contributed by atoms with E-state index in [4.69, 9.17) is 5.11 Å². The zero-order chi connectivity index (χ0) is 20.1. The maximum absolute atomic E-state index is 13.0. The number of amidine groups is 1. The van der Waals surface area contributed by atoms with Gasteiger partial charge in [0.25, 0.3) is 0 Å². The molecule has 5 N–H and O–H groups in total. The number of sulfonamides is 1. The molecule has 0 bridgehead atoms. The molecule has 9 nitrogen and oxygen atoms in total. The van der Waals surface area contributed by atoms with E-state index in [0.717, 1.165) is 5.56 Å². The maximum atomic E-state index is 13.0. The first-order chi connectivity index (χ1) is 13.4. The Labute approximate surface area is 161 Å². The van der Waals surface area contributed by atoms with E-state index in [9.17, 15) is 17.9 Å². The Balaban J connectivity index is 1.65. The number of aliphatic hydroxyl groups excluding tert-OH is 2. The summed E-state index contributed by atoms with van der Waals surface area (Å²) in [5.41, 5.74) is 7.26. The number of aliphatic hydroxyl groups is 2. The molecule has 2 aromatic carbocycles. The topological polar surface area (TPSA) is 126 Å². The highest BCUT2D eigenvalue weighted by atomic mass is 32.2. The number of rotatable bonds is 8. The quantitative estimate of drug-likeness (QED) is 0.403. The van der Waals surface area contributed by atoms with Gasteiger partial charge >= 0.3 is 0 Å². The van der Waals surface area contributed by atoms with Gasteiger partial charge in [0.15, 0.2) is 5.84 Å². The molecule has 0 radical (unpaired) electrons. The fraction of sp³-hybridized carbons (Fsp3) is 0.235. The molecule has 0 aliphatic carbocycles. The fourth-order valence-electron chi connectivity index (χ4n) is 2.40. The van der Waals surface area contributed by atoms with Crippen molar-refractivity contribution in [1.82, 2.24) is 20.8 Å². The molecule has 0 saturated heterocycles. The summed E-state index contributed by atoms with van der Waals surface area (Å²) >= 11 is 0. The lowest BCUT2D eigenvalue weighted by Gasteiger charge is -2.12. The number of hydrazone groups is 1. The third kappa shape index (κ3) is 5.03. The standard InChI is InChI=1S/C17H20FN5O4S/c18-14-5-1-12(2-6-14)10-23-21-17(20-22-23)13-3-7-16(8-4-13)28(26,27)19-9-15(25)11-24/h1-8,15,19,22,24-25H,9-11H2,(H,20,21). The first-order valence-electron chi connectivity index (χ1n) is 8.38. The van der Waals surface area contributed by atoms with Crippen molar-refractivity contribution in [1.29, 1.82) is 0 Å². The van der Waals surface area contributed by atoms with Gasteiger partial charge in [0.2, 0.25) is 10.0 Å². The third-order valence-corrected chi connectivity index (χ3v) is 5.37. The average Bonchev–Trinajstić information content (AvgIpc) is 3.16. The van der Waals surface area contributed by atoms with E-state index in [1.54, 1.807) is 24.3 Å². The van der Waals surface area contributed by atoms with Crippen LogP contribution in [-0.4, -0.2) is 48.8 Å². The molecule has 11 heteroatoms. The van der Waals surface area contributed by atoms with E-state index in [0.29, 0.717) is 17.9 Å². The van der Waals surface area contributed by atoms with Crippen molar-refractivity contribution in [3.8, 4) is 0 Å². The van der Waals surface area contributed by atoms with Gasteiger partial charge in [0, 0.05) is 12.1 Å². The van der Waals surface area contributed by atoms with E-state index < -0.39 is 22.7 Å². The Morgan fingerprint density at radius 3 is 2.46 bits per heavy atom. The van der Waals surface area contributed by atoms with Crippen LogP contribution < -0.4 is 15.7 Å². The van der Waals surface area contributed by atoms with Gasteiger partial charge in [-0.05, 0) is 42.0 Å². The Morgan fingerprint density at radius 1 is 1.14 bits per heavy atom. The number of nitrogens with zero attached hydrogens (tertiary/aromatic N) is 2. The number of halogens is 1. The van der Waals surface area contributed by atoms with Crippen LogP contribution in [0.25, 0.3) is 0 Å². The van der Waals surface area contributed by atoms with Gasteiger partial charge < -0.3 is 10.2 Å². The highest BCUT2D eigenvalue weighted by molar-refractivity contribution is 7.89. The minimum Gasteiger partial charge on any atom is -0.394 e. The van der Waals surface area contributed by atoms with Gasteiger partial charge in [-0.3, -0.25) is 5.43 Å². The van der Waals surface area contributed by atoms with Gasteiger partial charge in [0.05, 0.1) is 24.2 Å². The number of hydrogen-bond acceptors (Lipinski definition) is 8. The number of hydrogen-bond donors (Lipinski definition) is 5.